The highest BCUT2D eigenvalue weighted by Crippen LogP contribution is 2.46. The lowest BCUT2D eigenvalue weighted by molar-refractivity contribution is -0.496. The van der Waals surface area contributed by atoms with Gasteiger partial charge in [0.2, 0.25) is 5.36 Å². The highest BCUT2D eigenvalue weighted by molar-refractivity contribution is 6.41. The third-order valence-electron chi connectivity index (χ3n) is 5.39. The molecule has 4 rings (SSSR count). The van der Waals surface area contributed by atoms with Crippen LogP contribution < -0.4 is 15.7 Å². The van der Waals surface area contributed by atoms with Crippen LogP contribution in [0.2, 0.25) is 10.0 Å². The molecule has 0 aromatic heterocycles. The van der Waals surface area contributed by atoms with Gasteiger partial charge in [0.05, 0.1) is 27.2 Å². The first-order valence-corrected chi connectivity index (χ1v) is 11.3. The molecule has 0 amide bonds. The second kappa shape index (κ2) is 9.37. The fourth-order valence-electron chi connectivity index (χ4n) is 4.01. The van der Waals surface area contributed by atoms with Crippen LogP contribution in [-0.2, 0) is 0 Å². The Balaban J connectivity index is 2.21. The predicted octanol–water partition coefficient (Wildman–Crippen LogP) is 4.34. The molecule has 0 atom stereocenters. The van der Waals surface area contributed by atoms with Crippen molar-refractivity contribution in [2.75, 3.05) is 18.4 Å². The number of carboxylic acid groups (broad SMARTS) is 2. The second-order valence-corrected chi connectivity index (χ2v) is 8.33. The molecule has 0 bridgehead atoms. The summed E-state index contributed by atoms with van der Waals surface area (Å²) in [5.74, 6) is -2.26. The summed E-state index contributed by atoms with van der Waals surface area (Å²) in [6.45, 7) is 5.36. The molecule has 4 N–H and O–H groups in total. The third-order valence-corrected chi connectivity index (χ3v) is 6.08. The van der Waals surface area contributed by atoms with Crippen LogP contribution in [0.25, 0.3) is 33.4 Å². The normalized spacial score (nSPS) is 11.8. The largest absolute Gasteiger partial charge is 0.478 e. The van der Waals surface area contributed by atoms with E-state index in [4.69, 9.17) is 27.6 Å². The Hall–Kier alpha value is -3.55. The van der Waals surface area contributed by atoms with Crippen LogP contribution in [0.15, 0.2) is 46.9 Å². The number of fused-ring (bicyclic) bond motifs is 2. The minimum absolute atomic E-state index is 0.0421. The van der Waals surface area contributed by atoms with Crippen molar-refractivity contribution >= 4 is 51.8 Å². The molecule has 1 aliphatic carbocycles. The number of carbonyl (C=O) groups is 2. The van der Waals surface area contributed by atoms with Crippen molar-refractivity contribution in [3.63, 3.8) is 0 Å². The molecule has 0 saturated carbocycles. The second-order valence-electron chi connectivity index (χ2n) is 7.54. The molecule has 2 aliphatic rings. The molecule has 1 heterocycles. The van der Waals surface area contributed by atoms with Crippen molar-refractivity contribution in [3.8, 4) is 22.5 Å². The molecule has 174 valence electrons. The number of aromatic carboxylic acids is 2. The van der Waals surface area contributed by atoms with E-state index in [2.05, 4.69) is 10.3 Å². The minimum atomic E-state index is -1.39. The maximum atomic E-state index is 12.3. The van der Waals surface area contributed by atoms with E-state index in [0.29, 0.717) is 40.9 Å². The molecule has 1 aliphatic heterocycles. The maximum Gasteiger partial charge on any atom is 0.337 e. The number of hydrogen-bond acceptors (Lipinski definition) is 4. The molecular formula is C25H21Cl2N2O5+. The molecule has 9 heteroatoms. The van der Waals surface area contributed by atoms with Crippen LogP contribution in [0.5, 0.6) is 0 Å². The summed E-state index contributed by atoms with van der Waals surface area (Å²) >= 11 is 12.8. The summed E-state index contributed by atoms with van der Waals surface area (Å²) in [4.78, 5) is 27.2. The van der Waals surface area contributed by atoms with Gasteiger partial charge < -0.3 is 19.9 Å². The number of anilines is 1. The summed E-state index contributed by atoms with van der Waals surface area (Å²) < 4.78 is 6.22. The Morgan fingerprint density at radius 3 is 2.41 bits per heavy atom. The Morgan fingerprint density at radius 1 is 1.00 bits per heavy atom. The topological polar surface area (TPSA) is 114 Å². The molecule has 2 aromatic carbocycles. The van der Waals surface area contributed by atoms with E-state index in [-0.39, 0.29) is 21.7 Å². The van der Waals surface area contributed by atoms with Gasteiger partial charge in [-0.2, -0.15) is 0 Å². The van der Waals surface area contributed by atoms with Gasteiger partial charge in [-0.15, -0.1) is 0 Å². The first-order chi connectivity index (χ1) is 16.3. The third kappa shape index (κ3) is 4.08. The van der Waals surface area contributed by atoms with Crippen LogP contribution >= 0.6 is 23.2 Å². The predicted molar refractivity (Wildman–Crippen MR) is 131 cm³/mol. The molecule has 7 nitrogen and oxygen atoms in total. The number of halogens is 2. The Morgan fingerprint density at radius 2 is 1.76 bits per heavy atom. The van der Waals surface area contributed by atoms with E-state index in [1.807, 2.05) is 50.2 Å². The van der Waals surface area contributed by atoms with Crippen LogP contribution in [0.4, 0.5) is 5.69 Å². The summed E-state index contributed by atoms with van der Waals surface area (Å²) in [5, 5.41) is 23.8. The molecule has 0 radical (unpaired) electrons. The van der Waals surface area contributed by atoms with Crippen molar-refractivity contribution in [1.82, 2.24) is 0 Å². The quantitative estimate of drug-likeness (QED) is 0.293. The zero-order valence-electron chi connectivity index (χ0n) is 18.3. The van der Waals surface area contributed by atoms with Gasteiger partial charge in [0.1, 0.15) is 17.9 Å². The highest BCUT2D eigenvalue weighted by atomic mass is 35.5. The van der Waals surface area contributed by atoms with Crippen LogP contribution in [0.3, 0.4) is 0 Å². The fourth-order valence-corrected chi connectivity index (χ4v) is 4.62. The number of benzene rings is 3. The first kappa shape index (κ1) is 23.6. The van der Waals surface area contributed by atoms with E-state index < -0.39 is 17.0 Å². The van der Waals surface area contributed by atoms with Gasteiger partial charge in [0.15, 0.2) is 0 Å². The smallest absolute Gasteiger partial charge is 0.337 e. The van der Waals surface area contributed by atoms with Gasteiger partial charge in [-0.25, -0.2) is 14.6 Å². The molecule has 0 unspecified atom stereocenters. The summed E-state index contributed by atoms with van der Waals surface area (Å²) in [6.07, 6.45) is 0. The van der Waals surface area contributed by atoms with E-state index in [1.165, 1.54) is 6.07 Å². The average Bonchev–Trinajstić information content (AvgIpc) is 2.78. The number of hydrogen-bond donors (Lipinski definition) is 4. The maximum absolute atomic E-state index is 12.3. The van der Waals surface area contributed by atoms with Gasteiger partial charge in [-0.3, -0.25) is 0 Å². The van der Waals surface area contributed by atoms with E-state index >= 15 is 0 Å². The van der Waals surface area contributed by atoms with Gasteiger partial charge >= 0.3 is 11.9 Å². The SMILES string of the molecule is CCNc1ccc2c(-c3c(Cl)cc(C(=O)O)c(Cl)c3C(=O)O)c3ccc(=[NH+]CC)cc-3oc2c1. The van der Waals surface area contributed by atoms with E-state index in [9.17, 15) is 19.8 Å². The van der Waals surface area contributed by atoms with Crippen LogP contribution in [0, 0.1) is 0 Å². The zero-order chi connectivity index (χ0) is 24.6. The standard InChI is InChI=1S/C25H20Cl2N2O5/c1-3-28-12-5-7-14-18(9-12)34-19-10-13(29-4-2)6-8-15(19)20(14)21-17(26)11-16(24(30)31)23(27)22(21)25(32)33/h5-11,28H,3-4H2,1-2H3,(H,30,31)(H,32,33)/p+1. The molecule has 0 saturated heterocycles. The summed E-state index contributed by atoms with van der Waals surface area (Å²) in [6, 6.07) is 12.1. The van der Waals surface area contributed by atoms with Crippen molar-refractivity contribution in [1.29, 1.82) is 0 Å². The monoisotopic (exact) mass is 499 g/mol. The van der Waals surface area contributed by atoms with E-state index in [1.54, 1.807) is 0 Å². The molecule has 2 aromatic rings. The average molecular weight is 500 g/mol. The van der Waals surface area contributed by atoms with Gasteiger partial charge in [0.25, 0.3) is 0 Å². The highest BCUT2D eigenvalue weighted by Gasteiger charge is 2.29. The molecule has 0 fully saturated rings. The Bertz CT molecular complexity index is 1490. The van der Waals surface area contributed by atoms with Gasteiger partial charge in [-0.05, 0) is 38.1 Å². The van der Waals surface area contributed by atoms with Crippen molar-refractivity contribution < 1.29 is 29.2 Å². The minimum Gasteiger partial charge on any atom is -0.478 e. The molecule has 34 heavy (non-hydrogen) atoms. The molecule has 0 spiro atoms. The summed E-state index contributed by atoms with van der Waals surface area (Å²) in [7, 11) is 0. The Labute approximate surface area is 204 Å². The lowest BCUT2D eigenvalue weighted by Gasteiger charge is -2.19. The summed E-state index contributed by atoms with van der Waals surface area (Å²) in [5.41, 5.74) is 1.79. The lowest BCUT2D eigenvalue weighted by Crippen LogP contribution is -2.75. The van der Waals surface area contributed by atoms with Crippen LogP contribution in [0.1, 0.15) is 34.6 Å². The number of rotatable bonds is 6. The van der Waals surface area contributed by atoms with Crippen molar-refractivity contribution in [2.45, 2.75) is 13.8 Å². The molecular weight excluding hydrogens is 479 g/mol. The Kier molecular flexibility index (Phi) is 6.50. The van der Waals surface area contributed by atoms with Crippen LogP contribution in [-0.4, -0.2) is 35.2 Å². The fraction of sp³-hybridized carbons (Fsp3) is 0.160. The first-order valence-electron chi connectivity index (χ1n) is 10.6. The number of carboxylic acids is 2. The van der Waals surface area contributed by atoms with E-state index in [0.717, 1.165) is 11.0 Å². The van der Waals surface area contributed by atoms with Gasteiger partial charge in [0, 0.05) is 46.4 Å². The lowest BCUT2D eigenvalue weighted by atomic mass is 9.89. The zero-order valence-corrected chi connectivity index (χ0v) is 19.8. The van der Waals surface area contributed by atoms with Crippen molar-refractivity contribution in [3.05, 3.63) is 69.0 Å². The number of nitrogens with one attached hydrogen (secondary N) is 2. The van der Waals surface area contributed by atoms with Crippen molar-refractivity contribution in [2.24, 2.45) is 0 Å². The van der Waals surface area contributed by atoms with Gasteiger partial charge in [-0.1, -0.05) is 23.2 Å².